The third kappa shape index (κ3) is 1.48. The predicted octanol–water partition coefficient (Wildman–Crippen LogP) is 1.50. The third-order valence-corrected chi connectivity index (χ3v) is 1.86. The zero-order valence-corrected chi connectivity index (χ0v) is 7.44. The van der Waals surface area contributed by atoms with Crippen molar-refractivity contribution in [3.8, 4) is 5.69 Å². The standard InChI is InChI=1S/C8H7ClN4/c9-6-2-1-3-7(4-6)13-8(10)5-11-12-13/h1-5H,10H2. The lowest BCUT2D eigenvalue weighted by Crippen LogP contribution is -2.01. The fourth-order valence-corrected chi connectivity index (χ4v) is 1.24. The van der Waals surface area contributed by atoms with Crippen molar-refractivity contribution in [1.82, 2.24) is 15.0 Å². The summed E-state index contributed by atoms with van der Waals surface area (Å²) in [6.07, 6.45) is 1.49. The summed E-state index contributed by atoms with van der Waals surface area (Å²) in [5, 5.41) is 8.13. The number of nitrogens with zero attached hydrogens (tertiary/aromatic N) is 3. The second kappa shape index (κ2) is 3.06. The van der Waals surface area contributed by atoms with Crippen molar-refractivity contribution in [2.24, 2.45) is 0 Å². The number of benzene rings is 1. The van der Waals surface area contributed by atoms with Gasteiger partial charge in [-0.2, -0.15) is 4.68 Å². The Hall–Kier alpha value is -1.55. The van der Waals surface area contributed by atoms with E-state index < -0.39 is 0 Å². The first-order valence-electron chi connectivity index (χ1n) is 3.69. The molecule has 0 amide bonds. The number of nitrogens with two attached hydrogens (primary N) is 1. The first-order chi connectivity index (χ1) is 6.27. The molecule has 1 heterocycles. The summed E-state index contributed by atoms with van der Waals surface area (Å²) >= 11 is 5.81. The SMILES string of the molecule is Nc1cnnn1-c1cccc(Cl)c1. The second-order valence-corrected chi connectivity index (χ2v) is 2.99. The molecule has 0 unspecified atom stereocenters. The molecule has 4 nitrogen and oxygen atoms in total. The van der Waals surface area contributed by atoms with Gasteiger partial charge in [0.2, 0.25) is 0 Å². The Labute approximate surface area is 79.9 Å². The Morgan fingerprint density at radius 1 is 1.38 bits per heavy atom. The second-order valence-electron chi connectivity index (χ2n) is 2.55. The maximum atomic E-state index is 5.81. The highest BCUT2D eigenvalue weighted by Crippen LogP contribution is 2.15. The van der Waals surface area contributed by atoms with Crippen LogP contribution in [0.4, 0.5) is 5.82 Å². The molecular weight excluding hydrogens is 188 g/mol. The number of nitrogen functional groups attached to an aromatic ring is 1. The lowest BCUT2D eigenvalue weighted by Gasteiger charge is -2.01. The van der Waals surface area contributed by atoms with E-state index in [-0.39, 0.29) is 0 Å². The minimum absolute atomic E-state index is 0.488. The fourth-order valence-electron chi connectivity index (χ4n) is 1.05. The number of hydrogen-bond donors (Lipinski definition) is 1. The topological polar surface area (TPSA) is 56.7 Å². The molecule has 0 saturated heterocycles. The zero-order valence-electron chi connectivity index (χ0n) is 6.68. The summed E-state index contributed by atoms with van der Waals surface area (Å²) in [4.78, 5) is 0. The van der Waals surface area contributed by atoms with Gasteiger partial charge in [0.05, 0.1) is 11.9 Å². The van der Waals surface area contributed by atoms with Crippen molar-refractivity contribution in [3.05, 3.63) is 35.5 Å². The maximum Gasteiger partial charge on any atom is 0.147 e. The van der Waals surface area contributed by atoms with Crippen LogP contribution in [0, 0.1) is 0 Å². The molecule has 2 rings (SSSR count). The summed E-state index contributed by atoms with van der Waals surface area (Å²) in [5.74, 6) is 0.488. The molecule has 66 valence electrons. The molecule has 1 aromatic carbocycles. The van der Waals surface area contributed by atoms with Gasteiger partial charge in [-0.3, -0.25) is 0 Å². The van der Waals surface area contributed by atoms with Crippen LogP contribution in [0.2, 0.25) is 5.02 Å². The summed E-state index contributed by atoms with van der Waals surface area (Å²) < 4.78 is 1.52. The van der Waals surface area contributed by atoms with Gasteiger partial charge < -0.3 is 5.73 Å². The smallest absolute Gasteiger partial charge is 0.147 e. The third-order valence-electron chi connectivity index (χ3n) is 1.63. The van der Waals surface area contributed by atoms with Gasteiger partial charge in [-0.25, -0.2) is 0 Å². The highest BCUT2D eigenvalue weighted by atomic mass is 35.5. The Bertz CT molecular complexity index is 424. The molecule has 2 N–H and O–H groups in total. The number of rotatable bonds is 1. The molecule has 0 fully saturated rings. The summed E-state index contributed by atoms with van der Waals surface area (Å²) in [6, 6.07) is 7.25. The molecule has 0 radical (unpaired) electrons. The van der Waals surface area contributed by atoms with Gasteiger partial charge in [0.25, 0.3) is 0 Å². The van der Waals surface area contributed by atoms with Crippen molar-refractivity contribution in [2.45, 2.75) is 0 Å². The van der Waals surface area contributed by atoms with E-state index in [9.17, 15) is 0 Å². The van der Waals surface area contributed by atoms with E-state index in [4.69, 9.17) is 17.3 Å². The largest absolute Gasteiger partial charge is 0.382 e. The molecule has 0 aliphatic heterocycles. The molecule has 13 heavy (non-hydrogen) atoms. The monoisotopic (exact) mass is 194 g/mol. The van der Waals surface area contributed by atoms with Crippen molar-refractivity contribution in [2.75, 3.05) is 5.73 Å². The van der Waals surface area contributed by atoms with E-state index >= 15 is 0 Å². The van der Waals surface area contributed by atoms with Crippen molar-refractivity contribution in [1.29, 1.82) is 0 Å². The highest BCUT2D eigenvalue weighted by molar-refractivity contribution is 6.30. The lowest BCUT2D eigenvalue weighted by molar-refractivity contribution is 0.810. The molecule has 5 heteroatoms. The van der Waals surface area contributed by atoms with Crippen LogP contribution in [-0.2, 0) is 0 Å². The zero-order chi connectivity index (χ0) is 9.26. The first kappa shape index (κ1) is 8.07. The van der Waals surface area contributed by atoms with Crippen LogP contribution in [-0.4, -0.2) is 15.0 Å². The average molecular weight is 195 g/mol. The van der Waals surface area contributed by atoms with E-state index in [1.165, 1.54) is 10.9 Å². The molecule has 0 spiro atoms. The lowest BCUT2D eigenvalue weighted by atomic mass is 10.3. The molecule has 0 atom stereocenters. The molecule has 0 saturated carbocycles. The normalized spacial score (nSPS) is 10.2. The molecule has 0 aliphatic carbocycles. The van der Waals surface area contributed by atoms with Gasteiger partial charge in [0.15, 0.2) is 0 Å². The van der Waals surface area contributed by atoms with E-state index in [2.05, 4.69) is 10.3 Å². The van der Waals surface area contributed by atoms with Gasteiger partial charge in [-0.1, -0.05) is 22.9 Å². The van der Waals surface area contributed by atoms with Gasteiger partial charge in [-0.05, 0) is 18.2 Å². The van der Waals surface area contributed by atoms with E-state index in [1.807, 2.05) is 12.1 Å². The van der Waals surface area contributed by atoms with Crippen LogP contribution in [0.25, 0.3) is 5.69 Å². The van der Waals surface area contributed by atoms with E-state index in [1.54, 1.807) is 12.1 Å². The molecule has 0 bridgehead atoms. The van der Waals surface area contributed by atoms with Crippen LogP contribution >= 0.6 is 11.6 Å². The molecule has 1 aromatic heterocycles. The quantitative estimate of drug-likeness (QED) is 0.749. The maximum absolute atomic E-state index is 5.81. The minimum atomic E-state index is 0.488. The average Bonchev–Trinajstić information content (AvgIpc) is 2.51. The van der Waals surface area contributed by atoms with Crippen LogP contribution < -0.4 is 5.73 Å². The Morgan fingerprint density at radius 2 is 2.23 bits per heavy atom. The summed E-state index contributed by atoms with van der Waals surface area (Å²) in [6.45, 7) is 0. The fraction of sp³-hybridized carbons (Fsp3) is 0. The van der Waals surface area contributed by atoms with Crippen LogP contribution in [0.1, 0.15) is 0 Å². The first-order valence-corrected chi connectivity index (χ1v) is 4.07. The Balaban J connectivity index is 2.53. The van der Waals surface area contributed by atoms with E-state index in [0.29, 0.717) is 10.8 Å². The van der Waals surface area contributed by atoms with Crippen molar-refractivity contribution < 1.29 is 0 Å². The Morgan fingerprint density at radius 3 is 2.85 bits per heavy atom. The summed E-state index contributed by atoms with van der Waals surface area (Å²) in [5.41, 5.74) is 6.43. The van der Waals surface area contributed by atoms with Crippen LogP contribution in [0.5, 0.6) is 0 Å². The molecule has 2 aromatic rings. The summed E-state index contributed by atoms with van der Waals surface area (Å²) in [7, 11) is 0. The number of halogens is 1. The van der Waals surface area contributed by atoms with Crippen LogP contribution in [0.15, 0.2) is 30.5 Å². The molecule has 0 aliphatic rings. The van der Waals surface area contributed by atoms with Crippen molar-refractivity contribution >= 4 is 17.4 Å². The Kier molecular flexibility index (Phi) is 1.90. The number of anilines is 1. The van der Waals surface area contributed by atoms with Gasteiger partial charge in [-0.15, -0.1) is 5.10 Å². The van der Waals surface area contributed by atoms with Gasteiger partial charge in [0.1, 0.15) is 5.82 Å². The minimum Gasteiger partial charge on any atom is -0.382 e. The van der Waals surface area contributed by atoms with E-state index in [0.717, 1.165) is 5.69 Å². The van der Waals surface area contributed by atoms with Crippen LogP contribution in [0.3, 0.4) is 0 Å². The van der Waals surface area contributed by atoms with Crippen molar-refractivity contribution in [3.63, 3.8) is 0 Å². The van der Waals surface area contributed by atoms with Gasteiger partial charge in [0, 0.05) is 5.02 Å². The predicted molar refractivity (Wildman–Crippen MR) is 50.8 cm³/mol. The highest BCUT2D eigenvalue weighted by Gasteiger charge is 2.01. The number of aromatic nitrogens is 3. The molecular formula is C8H7ClN4. The van der Waals surface area contributed by atoms with Gasteiger partial charge >= 0.3 is 0 Å². The number of hydrogen-bond acceptors (Lipinski definition) is 3.